The second-order valence-electron chi connectivity index (χ2n) is 8.15. The van der Waals surface area contributed by atoms with E-state index in [1.807, 2.05) is 66.9 Å². The van der Waals surface area contributed by atoms with Gasteiger partial charge in [-0.3, -0.25) is 0 Å². The van der Waals surface area contributed by atoms with Crippen LogP contribution in [0.4, 0.5) is 4.39 Å². The minimum absolute atomic E-state index is 0.463. The van der Waals surface area contributed by atoms with Crippen LogP contribution >= 0.6 is 0 Å². The maximum absolute atomic E-state index is 14.2. The van der Waals surface area contributed by atoms with Gasteiger partial charge in [0.15, 0.2) is 0 Å². The van der Waals surface area contributed by atoms with E-state index in [0.717, 1.165) is 53.6 Å². The van der Waals surface area contributed by atoms with Crippen molar-refractivity contribution >= 4 is 11.9 Å². The van der Waals surface area contributed by atoms with Crippen molar-refractivity contribution in [2.45, 2.75) is 58.5 Å². The van der Waals surface area contributed by atoms with Gasteiger partial charge in [-0.05, 0) is 29.5 Å². The molecule has 0 saturated heterocycles. The molecule has 0 amide bonds. The number of halogens is 1. The highest BCUT2D eigenvalue weighted by Crippen LogP contribution is 2.17. The van der Waals surface area contributed by atoms with Crippen LogP contribution in [0.5, 0.6) is 0 Å². The van der Waals surface area contributed by atoms with E-state index < -0.39 is 6.17 Å². The molecule has 0 aliphatic carbocycles. The number of aryl methyl sites for hydroxylation is 1. The van der Waals surface area contributed by atoms with Crippen LogP contribution in [0, 0.1) is 0 Å². The quantitative estimate of drug-likeness (QED) is 0.222. The predicted molar refractivity (Wildman–Crippen MR) is 135 cm³/mol. The van der Waals surface area contributed by atoms with Crippen LogP contribution in [-0.2, 0) is 12.8 Å². The third-order valence-electron chi connectivity index (χ3n) is 5.53. The Bertz CT molecular complexity index is 1010. The summed E-state index contributed by atoms with van der Waals surface area (Å²) in [6.07, 6.45) is 6.22. The maximum atomic E-state index is 14.2. The lowest BCUT2D eigenvalue weighted by Crippen LogP contribution is -2.06. The van der Waals surface area contributed by atoms with Crippen molar-refractivity contribution in [3.8, 4) is 0 Å². The van der Waals surface area contributed by atoms with Crippen molar-refractivity contribution in [3.05, 3.63) is 107 Å². The van der Waals surface area contributed by atoms with Gasteiger partial charge in [0.2, 0.25) is 0 Å². The van der Waals surface area contributed by atoms with E-state index in [4.69, 9.17) is 0 Å². The molecule has 0 aromatic heterocycles. The SMILES string of the molecule is CCCCC(F)Cc1ccc(C(=NN=Cc2ccccc2CCC)c2ccccc2)cc1. The van der Waals surface area contributed by atoms with Crippen LogP contribution in [0.2, 0.25) is 0 Å². The van der Waals surface area contributed by atoms with Crippen LogP contribution in [0.15, 0.2) is 89.1 Å². The summed E-state index contributed by atoms with van der Waals surface area (Å²) in [5, 5.41) is 9.05. The van der Waals surface area contributed by atoms with E-state index in [0.29, 0.717) is 12.8 Å². The van der Waals surface area contributed by atoms with Gasteiger partial charge in [0.1, 0.15) is 11.9 Å². The Morgan fingerprint density at radius 2 is 1.53 bits per heavy atom. The van der Waals surface area contributed by atoms with E-state index in [9.17, 15) is 4.39 Å². The van der Waals surface area contributed by atoms with E-state index in [1.165, 1.54) is 5.56 Å². The highest BCUT2D eigenvalue weighted by atomic mass is 19.1. The van der Waals surface area contributed by atoms with Crippen molar-refractivity contribution in [3.63, 3.8) is 0 Å². The van der Waals surface area contributed by atoms with Crippen molar-refractivity contribution in [2.75, 3.05) is 0 Å². The molecule has 3 aromatic rings. The number of hydrogen-bond acceptors (Lipinski definition) is 2. The Morgan fingerprint density at radius 3 is 2.25 bits per heavy atom. The molecule has 32 heavy (non-hydrogen) atoms. The Kier molecular flexibility index (Phi) is 9.37. The summed E-state index contributed by atoms with van der Waals surface area (Å²) in [6.45, 7) is 4.27. The summed E-state index contributed by atoms with van der Waals surface area (Å²) in [5.74, 6) is 0. The average molecular weight is 429 g/mol. The molecule has 3 rings (SSSR count). The van der Waals surface area contributed by atoms with E-state index in [1.54, 1.807) is 0 Å². The number of benzene rings is 3. The summed E-state index contributed by atoms with van der Waals surface area (Å²) < 4.78 is 14.2. The zero-order valence-electron chi connectivity index (χ0n) is 19.2. The Hall–Kier alpha value is -3.07. The van der Waals surface area contributed by atoms with Crippen molar-refractivity contribution in [1.29, 1.82) is 0 Å². The predicted octanol–water partition coefficient (Wildman–Crippen LogP) is 7.58. The Morgan fingerprint density at radius 1 is 0.844 bits per heavy atom. The number of alkyl halides is 1. The molecule has 1 unspecified atom stereocenters. The Labute approximate surface area is 191 Å². The molecule has 0 bridgehead atoms. The first-order chi connectivity index (χ1) is 15.7. The van der Waals surface area contributed by atoms with Gasteiger partial charge < -0.3 is 0 Å². The lowest BCUT2D eigenvalue weighted by atomic mass is 9.99. The van der Waals surface area contributed by atoms with E-state index in [2.05, 4.69) is 42.2 Å². The molecule has 3 aromatic carbocycles. The standard InChI is InChI=1S/C29H33FN2/c1-3-5-16-28(30)21-23-17-19-26(20-18-23)29(25-13-7-6-8-14-25)32-31-22-27-15-10-9-12-24(27)11-4-2/h6-10,12-15,17-20,22,28H,3-5,11,16,21H2,1-2H3. The monoisotopic (exact) mass is 428 g/mol. The van der Waals surface area contributed by atoms with Crippen LogP contribution in [-0.4, -0.2) is 18.1 Å². The first-order valence-electron chi connectivity index (χ1n) is 11.7. The first-order valence-corrected chi connectivity index (χ1v) is 11.7. The van der Waals surface area contributed by atoms with Gasteiger partial charge in [-0.2, -0.15) is 5.10 Å². The summed E-state index contributed by atoms with van der Waals surface area (Å²) in [6, 6.07) is 26.4. The molecule has 0 aliphatic rings. The molecule has 0 spiro atoms. The topological polar surface area (TPSA) is 24.7 Å². The number of unbranched alkanes of at least 4 members (excludes halogenated alkanes) is 1. The number of hydrogen-bond donors (Lipinski definition) is 0. The van der Waals surface area contributed by atoms with Gasteiger partial charge in [-0.1, -0.05) is 112 Å². The maximum Gasteiger partial charge on any atom is 0.104 e. The molecular weight excluding hydrogens is 395 g/mol. The molecule has 2 nitrogen and oxygen atoms in total. The zero-order chi connectivity index (χ0) is 22.6. The summed E-state index contributed by atoms with van der Waals surface area (Å²) >= 11 is 0. The fourth-order valence-corrected chi connectivity index (χ4v) is 3.77. The highest BCUT2D eigenvalue weighted by Gasteiger charge is 2.10. The van der Waals surface area contributed by atoms with Gasteiger partial charge in [0.05, 0.1) is 6.21 Å². The summed E-state index contributed by atoms with van der Waals surface area (Å²) in [4.78, 5) is 0. The van der Waals surface area contributed by atoms with Gasteiger partial charge >= 0.3 is 0 Å². The zero-order valence-corrected chi connectivity index (χ0v) is 19.2. The molecule has 0 fully saturated rings. The highest BCUT2D eigenvalue weighted by molar-refractivity contribution is 6.13. The van der Waals surface area contributed by atoms with E-state index in [-0.39, 0.29) is 0 Å². The molecule has 1 atom stereocenters. The second-order valence-corrected chi connectivity index (χ2v) is 8.15. The average Bonchev–Trinajstić information content (AvgIpc) is 2.83. The number of nitrogens with zero attached hydrogens (tertiary/aromatic N) is 2. The van der Waals surface area contributed by atoms with Crippen LogP contribution in [0.25, 0.3) is 0 Å². The molecular formula is C29H33FN2. The van der Waals surface area contributed by atoms with Crippen molar-refractivity contribution < 1.29 is 4.39 Å². The minimum Gasteiger partial charge on any atom is -0.247 e. The van der Waals surface area contributed by atoms with Crippen LogP contribution < -0.4 is 0 Å². The summed E-state index contributed by atoms with van der Waals surface area (Å²) in [7, 11) is 0. The molecule has 166 valence electrons. The second kappa shape index (κ2) is 12.7. The third-order valence-corrected chi connectivity index (χ3v) is 5.53. The van der Waals surface area contributed by atoms with Crippen LogP contribution in [0.1, 0.15) is 67.3 Å². The molecule has 0 heterocycles. The first kappa shape index (κ1) is 23.6. The smallest absolute Gasteiger partial charge is 0.104 e. The summed E-state index contributed by atoms with van der Waals surface area (Å²) in [5.41, 5.74) is 6.18. The van der Waals surface area contributed by atoms with Gasteiger partial charge in [-0.25, -0.2) is 4.39 Å². The normalized spacial score (nSPS) is 12.9. The van der Waals surface area contributed by atoms with Gasteiger partial charge in [0.25, 0.3) is 0 Å². The molecule has 0 radical (unpaired) electrons. The molecule has 3 heteroatoms. The molecule has 0 N–H and O–H groups in total. The Balaban J connectivity index is 1.84. The van der Waals surface area contributed by atoms with E-state index >= 15 is 0 Å². The largest absolute Gasteiger partial charge is 0.247 e. The van der Waals surface area contributed by atoms with Gasteiger partial charge in [-0.15, -0.1) is 5.10 Å². The fraction of sp³-hybridized carbons (Fsp3) is 0.310. The van der Waals surface area contributed by atoms with Crippen molar-refractivity contribution in [2.24, 2.45) is 10.2 Å². The molecule has 0 saturated carbocycles. The van der Waals surface area contributed by atoms with Crippen LogP contribution in [0.3, 0.4) is 0 Å². The molecule has 0 aliphatic heterocycles. The minimum atomic E-state index is -0.782. The fourth-order valence-electron chi connectivity index (χ4n) is 3.77. The van der Waals surface area contributed by atoms with Crippen molar-refractivity contribution in [1.82, 2.24) is 0 Å². The lowest BCUT2D eigenvalue weighted by Gasteiger charge is -2.10. The third kappa shape index (κ3) is 6.98. The van der Waals surface area contributed by atoms with Gasteiger partial charge in [0, 0.05) is 17.5 Å². The number of rotatable bonds is 11. The lowest BCUT2D eigenvalue weighted by molar-refractivity contribution is 0.305.